The minimum Gasteiger partial charge on any atom is -0.493 e. The van der Waals surface area contributed by atoms with Gasteiger partial charge in [0, 0.05) is 37.5 Å². The minimum absolute atomic E-state index is 0.119. The molecule has 2 bridgehead atoms. The normalized spacial score (nSPS) is 24.9. The number of likely N-dealkylation sites (tertiary alicyclic amines) is 1. The molecule has 0 spiro atoms. The first kappa shape index (κ1) is 20.8. The highest BCUT2D eigenvalue weighted by atomic mass is 16.5. The van der Waals surface area contributed by atoms with Crippen LogP contribution in [0.1, 0.15) is 25.7 Å². The van der Waals surface area contributed by atoms with Gasteiger partial charge in [-0.25, -0.2) is 4.68 Å². The zero-order valence-electron chi connectivity index (χ0n) is 18.5. The van der Waals surface area contributed by atoms with Crippen molar-refractivity contribution in [3.63, 3.8) is 0 Å². The Kier molecular flexibility index (Phi) is 5.27. The Hall–Kier alpha value is -3.10. The second kappa shape index (κ2) is 8.11. The average molecular weight is 441 g/mol. The predicted molar refractivity (Wildman–Crippen MR) is 117 cm³/mol. The van der Waals surface area contributed by atoms with Crippen LogP contribution in [0.5, 0.6) is 11.5 Å². The molecule has 4 heterocycles. The van der Waals surface area contributed by atoms with E-state index in [1.165, 1.54) is 18.9 Å². The molecule has 5 rings (SSSR count). The molecule has 3 atom stereocenters. The van der Waals surface area contributed by atoms with Crippen LogP contribution in [0.25, 0.3) is 10.8 Å². The Morgan fingerprint density at radius 3 is 2.78 bits per heavy atom. The molecule has 1 aromatic heterocycles. The molecule has 3 fully saturated rings. The summed E-state index contributed by atoms with van der Waals surface area (Å²) in [5, 5.41) is 5.21. The smallest absolute Gasteiger partial charge is 0.279 e. The highest BCUT2D eigenvalue weighted by Crippen LogP contribution is 2.38. The maximum atomic E-state index is 13.2. The van der Waals surface area contributed by atoms with Gasteiger partial charge in [-0.2, -0.15) is 5.10 Å². The average Bonchev–Trinajstić information content (AvgIpc) is 2.80. The molecule has 9 heteroatoms. The molecule has 3 unspecified atom stereocenters. The van der Waals surface area contributed by atoms with Crippen LogP contribution in [0.4, 0.5) is 0 Å². The van der Waals surface area contributed by atoms with Crippen molar-refractivity contribution in [3.05, 3.63) is 28.7 Å². The van der Waals surface area contributed by atoms with E-state index >= 15 is 0 Å². The number of piperidine rings is 3. The van der Waals surface area contributed by atoms with Crippen LogP contribution < -0.4 is 15.0 Å². The SMILES string of the molecule is COc1ccc2cnn(CC(=O)N3CC4CC(C3)C3CCCC(=O)N3C4)c(=O)c2c1OC. The predicted octanol–water partition coefficient (Wildman–Crippen LogP) is 1.27. The van der Waals surface area contributed by atoms with Gasteiger partial charge < -0.3 is 19.3 Å². The number of hydrogen-bond acceptors (Lipinski definition) is 6. The maximum Gasteiger partial charge on any atom is 0.279 e. The van der Waals surface area contributed by atoms with Crippen LogP contribution >= 0.6 is 0 Å². The molecular weight excluding hydrogens is 412 g/mol. The Morgan fingerprint density at radius 1 is 1.16 bits per heavy atom. The Balaban J connectivity index is 1.38. The molecule has 3 saturated heterocycles. The molecule has 3 aliphatic heterocycles. The molecule has 0 radical (unpaired) electrons. The third kappa shape index (κ3) is 3.40. The fraction of sp³-hybridized carbons (Fsp3) is 0.565. The van der Waals surface area contributed by atoms with Crippen LogP contribution in [-0.2, 0) is 16.1 Å². The fourth-order valence-electron chi connectivity index (χ4n) is 5.74. The summed E-state index contributed by atoms with van der Waals surface area (Å²) in [6.07, 6.45) is 5.21. The monoisotopic (exact) mass is 440 g/mol. The lowest BCUT2D eigenvalue weighted by molar-refractivity contribution is -0.149. The van der Waals surface area contributed by atoms with Crippen LogP contribution in [0.2, 0.25) is 0 Å². The Bertz CT molecular complexity index is 1130. The summed E-state index contributed by atoms with van der Waals surface area (Å²) in [7, 11) is 3.00. The van der Waals surface area contributed by atoms with Gasteiger partial charge in [-0.05, 0) is 43.2 Å². The lowest BCUT2D eigenvalue weighted by Crippen LogP contribution is -2.61. The first-order valence-electron chi connectivity index (χ1n) is 11.2. The minimum atomic E-state index is -0.382. The van der Waals surface area contributed by atoms with Gasteiger partial charge in [-0.15, -0.1) is 0 Å². The quantitative estimate of drug-likeness (QED) is 0.711. The highest BCUT2D eigenvalue weighted by molar-refractivity contribution is 5.89. The lowest BCUT2D eigenvalue weighted by atomic mass is 9.76. The van der Waals surface area contributed by atoms with E-state index < -0.39 is 0 Å². The molecule has 0 aliphatic carbocycles. The van der Waals surface area contributed by atoms with Gasteiger partial charge in [0.05, 0.1) is 25.8 Å². The van der Waals surface area contributed by atoms with E-state index in [1.807, 2.05) is 4.90 Å². The van der Waals surface area contributed by atoms with Gasteiger partial charge in [0.1, 0.15) is 6.54 Å². The number of carbonyl (C=O) groups excluding carboxylic acids is 2. The summed E-state index contributed by atoms with van der Waals surface area (Å²) < 4.78 is 11.9. The number of rotatable bonds is 4. The number of nitrogens with zero attached hydrogens (tertiary/aromatic N) is 4. The van der Waals surface area contributed by atoms with Gasteiger partial charge in [0.2, 0.25) is 11.8 Å². The van der Waals surface area contributed by atoms with E-state index in [9.17, 15) is 14.4 Å². The van der Waals surface area contributed by atoms with Gasteiger partial charge >= 0.3 is 0 Å². The van der Waals surface area contributed by atoms with Crippen LogP contribution in [-0.4, -0.2) is 71.3 Å². The topological polar surface area (TPSA) is 94.0 Å². The van der Waals surface area contributed by atoms with Crippen molar-refractivity contribution in [2.75, 3.05) is 33.9 Å². The Morgan fingerprint density at radius 2 is 2.00 bits per heavy atom. The zero-order valence-corrected chi connectivity index (χ0v) is 18.5. The number of methoxy groups -OCH3 is 2. The first-order valence-corrected chi connectivity index (χ1v) is 11.2. The summed E-state index contributed by atoms with van der Waals surface area (Å²) >= 11 is 0. The maximum absolute atomic E-state index is 13.2. The van der Waals surface area contributed by atoms with E-state index in [-0.39, 0.29) is 30.0 Å². The molecule has 2 aromatic rings. The van der Waals surface area contributed by atoms with Crippen LogP contribution in [0.15, 0.2) is 23.1 Å². The van der Waals surface area contributed by atoms with E-state index in [4.69, 9.17) is 9.47 Å². The number of amides is 2. The number of hydrogen-bond donors (Lipinski definition) is 0. The second-order valence-electron chi connectivity index (χ2n) is 9.04. The fourth-order valence-corrected chi connectivity index (χ4v) is 5.74. The summed E-state index contributed by atoms with van der Waals surface area (Å²) in [4.78, 5) is 42.6. The summed E-state index contributed by atoms with van der Waals surface area (Å²) in [5.41, 5.74) is -0.382. The van der Waals surface area contributed by atoms with Crippen molar-refractivity contribution in [1.29, 1.82) is 0 Å². The van der Waals surface area contributed by atoms with E-state index in [2.05, 4.69) is 10.00 Å². The second-order valence-corrected chi connectivity index (χ2v) is 9.04. The number of carbonyl (C=O) groups is 2. The van der Waals surface area contributed by atoms with Crippen molar-refractivity contribution in [2.24, 2.45) is 11.8 Å². The zero-order chi connectivity index (χ0) is 22.4. The molecule has 2 amide bonds. The molecule has 3 aliphatic rings. The van der Waals surface area contributed by atoms with Gasteiger partial charge in [0.15, 0.2) is 11.5 Å². The number of aromatic nitrogens is 2. The largest absolute Gasteiger partial charge is 0.493 e. The van der Waals surface area contributed by atoms with Crippen molar-refractivity contribution in [2.45, 2.75) is 38.3 Å². The first-order chi connectivity index (χ1) is 15.5. The third-order valence-electron chi connectivity index (χ3n) is 7.18. The van der Waals surface area contributed by atoms with Gasteiger partial charge in [-0.1, -0.05) is 0 Å². The van der Waals surface area contributed by atoms with Crippen molar-refractivity contribution >= 4 is 22.6 Å². The molecule has 0 N–H and O–H groups in total. The summed E-state index contributed by atoms with van der Waals surface area (Å²) in [6, 6.07) is 3.71. The lowest BCUT2D eigenvalue weighted by Gasteiger charge is -2.52. The summed E-state index contributed by atoms with van der Waals surface area (Å²) in [5.74, 6) is 1.53. The third-order valence-corrected chi connectivity index (χ3v) is 7.18. The van der Waals surface area contributed by atoms with Crippen molar-refractivity contribution < 1.29 is 19.1 Å². The van der Waals surface area contributed by atoms with E-state index in [0.29, 0.717) is 53.6 Å². The van der Waals surface area contributed by atoms with Crippen molar-refractivity contribution in [3.8, 4) is 11.5 Å². The Labute approximate surface area is 185 Å². The van der Waals surface area contributed by atoms with E-state index in [1.54, 1.807) is 18.3 Å². The van der Waals surface area contributed by atoms with Crippen LogP contribution in [0.3, 0.4) is 0 Å². The number of fused-ring (bicyclic) bond motifs is 5. The molecule has 1 aromatic carbocycles. The number of benzene rings is 1. The standard InChI is InChI=1S/C23H28N4O5/c1-31-18-7-6-15-9-24-27(23(30)21(15)22(18)32-2)13-20(29)25-10-14-8-16(12-25)17-4-3-5-19(28)26(17)11-14/h6-7,9,14,16-17H,3-5,8,10-13H2,1-2H3. The van der Waals surface area contributed by atoms with Gasteiger partial charge in [0.25, 0.3) is 5.56 Å². The number of ether oxygens (including phenoxy) is 2. The van der Waals surface area contributed by atoms with Crippen LogP contribution in [0, 0.1) is 11.8 Å². The van der Waals surface area contributed by atoms with Crippen molar-refractivity contribution in [1.82, 2.24) is 19.6 Å². The molecular formula is C23H28N4O5. The highest BCUT2D eigenvalue weighted by Gasteiger charge is 2.44. The molecule has 0 saturated carbocycles. The molecule has 170 valence electrons. The van der Waals surface area contributed by atoms with Gasteiger partial charge in [-0.3, -0.25) is 14.4 Å². The summed E-state index contributed by atoms with van der Waals surface area (Å²) in [6.45, 7) is 1.85. The van der Waals surface area contributed by atoms with E-state index in [0.717, 1.165) is 25.8 Å². The molecule has 9 nitrogen and oxygen atoms in total. The molecule has 32 heavy (non-hydrogen) atoms.